The third kappa shape index (κ3) is 3.73. The first kappa shape index (κ1) is 17.6. The Labute approximate surface area is 142 Å². The van der Waals surface area contributed by atoms with Crippen molar-refractivity contribution in [3.05, 3.63) is 29.8 Å². The molecule has 2 aliphatic rings. The molecule has 6 atom stereocenters. The summed E-state index contributed by atoms with van der Waals surface area (Å²) in [5.41, 5.74) is 0.697. The quantitative estimate of drug-likeness (QED) is 0.711. The van der Waals surface area contributed by atoms with Crippen LogP contribution in [0.3, 0.4) is 0 Å². The number of hydrogen-bond donors (Lipinski definition) is 3. The summed E-state index contributed by atoms with van der Waals surface area (Å²) in [4.78, 5) is 0. The van der Waals surface area contributed by atoms with Crippen LogP contribution >= 0.6 is 0 Å². The Kier molecular flexibility index (Phi) is 5.73. The van der Waals surface area contributed by atoms with Crippen molar-refractivity contribution in [1.82, 2.24) is 0 Å². The highest BCUT2D eigenvalue weighted by Gasteiger charge is 2.48. The highest BCUT2D eigenvalue weighted by atomic mass is 16.7. The number of ether oxygens (including phenoxy) is 3. The van der Waals surface area contributed by atoms with Crippen LogP contribution in [-0.4, -0.2) is 52.6 Å². The maximum absolute atomic E-state index is 10.5. The first-order valence-electron chi connectivity index (χ1n) is 8.67. The standard InChI is InChI=1S/C18H26O6/c1-2-3-4-5-14-22-10-13-18(24-14)16(21)15(20)17(23-13)11-6-8-12(19)9-7-11/h6-9,13-21H,2-5,10H2,1H3. The van der Waals surface area contributed by atoms with Gasteiger partial charge >= 0.3 is 0 Å². The molecular weight excluding hydrogens is 312 g/mol. The predicted octanol–water partition coefficient (Wildman–Crippen LogP) is 1.88. The SMILES string of the molecule is CCCCCC1OCC2OC(c3ccc(O)cc3)C(O)C(O)C2O1. The highest BCUT2D eigenvalue weighted by molar-refractivity contribution is 5.28. The van der Waals surface area contributed by atoms with Gasteiger partial charge in [-0.15, -0.1) is 0 Å². The van der Waals surface area contributed by atoms with Crippen molar-refractivity contribution in [3.8, 4) is 5.75 Å². The smallest absolute Gasteiger partial charge is 0.158 e. The molecule has 3 rings (SSSR count). The zero-order valence-electron chi connectivity index (χ0n) is 13.9. The molecule has 0 bridgehead atoms. The van der Waals surface area contributed by atoms with Gasteiger partial charge < -0.3 is 29.5 Å². The molecule has 0 saturated carbocycles. The summed E-state index contributed by atoms with van der Waals surface area (Å²) in [6, 6.07) is 6.41. The molecule has 2 saturated heterocycles. The van der Waals surface area contributed by atoms with Crippen LogP contribution in [0.5, 0.6) is 5.75 Å². The van der Waals surface area contributed by atoms with Crippen molar-refractivity contribution >= 4 is 0 Å². The van der Waals surface area contributed by atoms with Gasteiger partial charge in [-0.2, -0.15) is 0 Å². The van der Waals surface area contributed by atoms with Gasteiger partial charge in [0.15, 0.2) is 6.29 Å². The lowest BCUT2D eigenvalue weighted by atomic mass is 9.90. The fraction of sp³-hybridized carbons (Fsp3) is 0.667. The first-order valence-corrected chi connectivity index (χ1v) is 8.67. The van der Waals surface area contributed by atoms with E-state index in [2.05, 4.69) is 6.92 Å². The maximum atomic E-state index is 10.5. The first-order chi connectivity index (χ1) is 11.6. The number of aliphatic hydroxyl groups is 2. The molecule has 1 aromatic rings. The number of unbranched alkanes of at least 4 members (excludes halogenated alkanes) is 2. The summed E-state index contributed by atoms with van der Waals surface area (Å²) < 4.78 is 17.5. The molecule has 6 unspecified atom stereocenters. The molecule has 6 heteroatoms. The zero-order valence-corrected chi connectivity index (χ0v) is 13.9. The second-order valence-electron chi connectivity index (χ2n) is 6.53. The average Bonchev–Trinajstić information content (AvgIpc) is 2.59. The molecular formula is C18H26O6. The van der Waals surface area contributed by atoms with Crippen molar-refractivity contribution in [2.24, 2.45) is 0 Å². The summed E-state index contributed by atoms with van der Waals surface area (Å²) >= 11 is 0. The van der Waals surface area contributed by atoms with Gasteiger partial charge in [0.2, 0.25) is 0 Å². The highest BCUT2D eigenvalue weighted by Crippen LogP contribution is 2.37. The minimum atomic E-state index is -1.09. The molecule has 6 nitrogen and oxygen atoms in total. The minimum absolute atomic E-state index is 0.140. The Morgan fingerprint density at radius 3 is 2.50 bits per heavy atom. The fourth-order valence-electron chi connectivity index (χ4n) is 3.31. The lowest BCUT2D eigenvalue weighted by Crippen LogP contribution is -2.60. The number of aliphatic hydroxyl groups excluding tert-OH is 2. The molecule has 0 amide bonds. The summed E-state index contributed by atoms with van der Waals surface area (Å²) in [6.07, 6.45) is -0.155. The molecule has 3 N–H and O–H groups in total. The molecule has 2 heterocycles. The van der Waals surface area contributed by atoms with Crippen LogP contribution in [0.2, 0.25) is 0 Å². The van der Waals surface area contributed by atoms with Crippen LogP contribution in [0, 0.1) is 0 Å². The normalized spacial score (nSPS) is 36.3. The van der Waals surface area contributed by atoms with E-state index in [0.29, 0.717) is 12.2 Å². The number of phenolic OH excluding ortho intramolecular Hbond substituents is 1. The van der Waals surface area contributed by atoms with E-state index in [9.17, 15) is 15.3 Å². The van der Waals surface area contributed by atoms with Crippen molar-refractivity contribution in [1.29, 1.82) is 0 Å². The zero-order chi connectivity index (χ0) is 17.1. The van der Waals surface area contributed by atoms with Crippen LogP contribution in [0.15, 0.2) is 24.3 Å². The van der Waals surface area contributed by atoms with Crippen molar-refractivity contribution in [3.63, 3.8) is 0 Å². The number of phenols is 1. The Bertz CT molecular complexity index is 517. The van der Waals surface area contributed by atoms with Crippen molar-refractivity contribution < 1.29 is 29.5 Å². The molecule has 0 aromatic heterocycles. The van der Waals surface area contributed by atoms with Crippen LogP contribution < -0.4 is 0 Å². The van der Waals surface area contributed by atoms with Gasteiger partial charge in [0.05, 0.1) is 6.61 Å². The van der Waals surface area contributed by atoms with Crippen molar-refractivity contribution in [2.75, 3.05) is 6.61 Å². The Morgan fingerprint density at radius 1 is 1.04 bits per heavy atom. The second kappa shape index (κ2) is 7.80. The van der Waals surface area contributed by atoms with Gasteiger partial charge in [-0.25, -0.2) is 0 Å². The molecule has 2 fully saturated rings. The van der Waals surface area contributed by atoms with E-state index in [1.165, 1.54) is 12.1 Å². The van der Waals surface area contributed by atoms with E-state index in [-0.39, 0.29) is 12.0 Å². The summed E-state index contributed by atoms with van der Waals surface area (Å²) in [6.45, 7) is 2.47. The maximum Gasteiger partial charge on any atom is 0.158 e. The van der Waals surface area contributed by atoms with Gasteiger partial charge in [-0.3, -0.25) is 0 Å². The molecule has 0 aliphatic carbocycles. The van der Waals surface area contributed by atoms with Crippen LogP contribution in [0.1, 0.15) is 44.3 Å². The lowest BCUT2D eigenvalue weighted by Gasteiger charge is -2.46. The molecule has 134 valence electrons. The number of hydrogen-bond acceptors (Lipinski definition) is 6. The van der Waals surface area contributed by atoms with E-state index in [1.807, 2.05) is 0 Å². The number of rotatable bonds is 5. The fourth-order valence-corrected chi connectivity index (χ4v) is 3.31. The van der Waals surface area contributed by atoms with E-state index < -0.39 is 30.5 Å². The Morgan fingerprint density at radius 2 is 1.79 bits per heavy atom. The molecule has 0 spiro atoms. The topological polar surface area (TPSA) is 88.4 Å². The van der Waals surface area contributed by atoms with E-state index >= 15 is 0 Å². The number of aromatic hydroxyl groups is 1. The summed E-state index contributed by atoms with van der Waals surface area (Å²) in [7, 11) is 0. The Hall–Kier alpha value is -1.18. The predicted molar refractivity (Wildman–Crippen MR) is 86.5 cm³/mol. The largest absolute Gasteiger partial charge is 0.508 e. The number of fused-ring (bicyclic) bond motifs is 1. The second-order valence-corrected chi connectivity index (χ2v) is 6.53. The van der Waals surface area contributed by atoms with Gasteiger partial charge in [0.1, 0.15) is 36.3 Å². The third-order valence-corrected chi connectivity index (χ3v) is 4.70. The third-order valence-electron chi connectivity index (χ3n) is 4.70. The molecule has 0 radical (unpaired) electrons. The van der Waals surface area contributed by atoms with Gasteiger partial charge in [-0.05, 0) is 30.5 Å². The average molecular weight is 338 g/mol. The molecule has 2 aliphatic heterocycles. The lowest BCUT2D eigenvalue weighted by molar-refractivity contribution is -0.327. The number of benzene rings is 1. The summed E-state index contributed by atoms with van der Waals surface area (Å²) in [5.74, 6) is 0.140. The van der Waals surface area contributed by atoms with E-state index in [4.69, 9.17) is 14.2 Å². The monoisotopic (exact) mass is 338 g/mol. The van der Waals surface area contributed by atoms with Gasteiger partial charge in [0.25, 0.3) is 0 Å². The minimum Gasteiger partial charge on any atom is -0.508 e. The van der Waals surface area contributed by atoms with E-state index in [1.54, 1.807) is 12.1 Å². The van der Waals surface area contributed by atoms with Crippen LogP contribution in [0.4, 0.5) is 0 Å². The van der Waals surface area contributed by atoms with Gasteiger partial charge in [-0.1, -0.05) is 31.9 Å². The molecule has 24 heavy (non-hydrogen) atoms. The van der Waals surface area contributed by atoms with Crippen molar-refractivity contribution in [2.45, 2.75) is 69.4 Å². The molecule has 1 aromatic carbocycles. The van der Waals surface area contributed by atoms with E-state index in [0.717, 1.165) is 25.7 Å². The van der Waals surface area contributed by atoms with Crippen LogP contribution in [-0.2, 0) is 14.2 Å². The summed E-state index contributed by atoms with van der Waals surface area (Å²) in [5, 5.41) is 30.3. The van der Waals surface area contributed by atoms with Gasteiger partial charge in [0, 0.05) is 0 Å². The Balaban J connectivity index is 1.65. The van der Waals surface area contributed by atoms with Crippen LogP contribution in [0.25, 0.3) is 0 Å².